The molecule has 4 nitrogen and oxygen atoms in total. The number of thiophene rings is 1. The minimum Gasteiger partial charge on any atom is -0.477 e. The first-order valence-electron chi connectivity index (χ1n) is 4.82. The van der Waals surface area contributed by atoms with Crippen LogP contribution in [0.5, 0.6) is 0 Å². The molecule has 0 unspecified atom stereocenters. The topological polar surface area (TPSA) is 80.4 Å². The Bertz CT molecular complexity index is 575. The third kappa shape index (κ3) is 2.19. The molecule has 2 rings (SSSR count). The van der Waals surface area contributed by atoms with Gasteiger partial charge in [0.25, 0.3) is 0 Å². The van der Waals surface area contributed by atoms with Gasteiger partial charge in [0.1, 0.15) is 4.88 Å². The maximum Gasteiger partial charge on any atom is 0.345 e. The Balaban J connectivity index is 2.41. The largest absolute Gasteiger partial charge is 0.477 e. The first kappa shape index (κ1) is 11.3. The monoisotopic (exact) mass is 247 g/mol. The Morgan fingerprint density at radius 3 is 2.35 bits per heavy atom. The fourth-order valence-electron chi connectivity index (χ4n) is 1.43. The molecule has 0 amide bonds. The van der Waals surface area contributed by atoms with Crippen LogP contribution in [0.15, 0.2) is 36.4 Å². The summed E-state index contributed by atoms with van der Waals surface area (Å²) in [6, 6.07) is 9.94. The molecule has 17 heavy (non-hydrogen) atoms. The van der Waals surface area contributed by atoms with E-state index in [2.05, 4.69) is 0 Å². The number of anilines is 1. The molecule has 5 heteroatoms. The molecule has 0 radical (unpaired) electrons. The van der Waals surface area contributed by atoms with Crippen LogP contribution < -0.4 is 5.73 Å². The number of benzene rings is 1. The van der Waals surface area contributed by atoms with E-state index in [9.17, 15) is 9.59 Å². The standard InChI is InChI=1S/C12H9NO3S/c13-11-8(6-9(17-11)12(15)16)10(14)7-4-2-1-3-5-7/h1-6H,13H2,(H,15,16). The van der Waals surface area contributed by atoms with Crippen LogP contribution in [0.25, 0.3) is 0 Å². The SMILES string of the molecule is Nc1sc(C(=O)O)cc1C(=O)c1ccccc1. The van der Waals surface area contributed by atoms with Crippen molar-refractivity contribution in [1.29, 1.82) is 0 Å². The van der Waals surface area contributed by atoms with Crippen LogP contribution in [-0.2, 0) is 0 Å². The highest BCUT2D eigenvalue weighted by atomic mass is 32.1. The summed E-state index contributed by atoms with van der Waals surface area (Å²) in [6.07, 6.45) is 0. The van der Waals surface area contributed by atoms with Gasteiger partial charge in [-0.1, -0.05) is 30.3 Å². The molecular weight excluding hydrogens is 238 g/mol. The lowest BCUT2D eigenvalue weighted by molar-refractivity contribution is 0.0702. The summed E-state index contributed by atoms with van der Waals surface area (Å²) in [5.41, 5.74) is 6.39. The molecule has 0 spiro atoms. The molecule has 3 N–H and O–H groups in total. The van der Waals surface area contributed by atoms with Crippen LogP contribution >= 0.6 is 11.3 Å². The van der Waals surface area contributed by atoms with E-state index >= 15 is 0 Å². The summed E-state index contributed by atoms with van der Waals surface area (Å²) in [4.78, 5) is 22.9. The lowest BCUT2D eigenvalue weighted by atomic mass is 10.1. The molecule has 0 bridgehead atoms. The summed E-state index contributed by atoms with van der Waals surface area (Å²) >= 11 is 0.903. The second-order valence-electron chi connectivity index (χ2n) is 3.39. The molecule has 2 aromatic rings. The molecule has 1 aromatic carbocycles. The molecule has 0 aliphatic carbocycles. The van der Waals surface area contributed by atoms with Crippen molar-refractivity contribution in [3.63, 3.8) is 0 Å². The highest BCUT2D eigenvalue weighted by Crippen LogP contribution is 2.27. The normalized spacial score (nSPS) is 10.1. The average Bonchev–Trinajstić information content (AvgIpc) is 2.72. The Morgan fingerprint density at radius 2 is 1.82 bits per heavy atom. The van der Waals surface area contributed by atoms with Crippen molar-refractivity contribution in [1.82, 2.24) is 0 Å². The second-order valence-corrected chi connectivity index (χ2v) is 4.47. The Labute approximate surface area is 101 Å². The first-order valence-corrected chi connectivity index (χ1v) is 5.63. The van der Waals surface area contributed by atoms with Crippen LogP contribution in [0.3, 0.4) is 0 Å². The molecule has 0 saturated carbocycles. The zero-order valence-corrected chi connectivity index (χ0v) is 9.53. The van der Waals surface area contributed by atoms with Crippen molar-refractivity contribution in [2.24, 2.45) is 0 Å². The van der Waals surface area contributed by atoms with Gasteiger partial charge >= 0.3 is 5.97 Å². The first-order chi connectivity index (χ1) is 8.09. The van der Waals surface area contributed by atoms with Gasteiger partial charge in [0.05, 0.1) is 10.6 Å². The van der Waals surface area contributed by atoms with Gasteiger partial charge in [-0.15, -0.1) is 11.3 Å². The molecule has 86 valence electrons. The zero-order chi connectivity index (χ0) is 12.4. The lowest BCUT2D eigenvalue weighted by Gasteiger charge is -1.98. The smallest absolute Gasteiger partial charge is 0.345 e. The molecule has 1 heterocycles. The van der Waals surface area contributed by atoms with Gasteiger partial charge in [-0.2, -0.15) is 0 Å². The van der Waals surface area contributed by atoms with E-state index in [0.29, 0.717) is 5.56 Å². The number of rotatable bonds is 3. The molecule has 0 fully saturated rings. The lowest BCUT2D eigenvalue weighted by Crippen LogP contribution is -2.02. The number of carboxylic acid groups (broad SMARTS) is 1. The fourth-order valence-corrected chi connectivity index (χ4v) is 2.20. The van der Waals surface area contributed by atoms with E-state index in [0.717, 1.165) is 11.3 Å². The van der Waals surface area contributed by atoms with Crippen LogP contribution in [0.1, 0.15) is 25.6 Å². The van der Waals surface area contributed by atoms with Crippen molar-refractivity contribution in [2.75, 3.05) is 5.73 Å². The molecule has 0 saturated heterocycles. The predicted molar refractivity (Wildman–Crippen MR) is 65.6 cm³/mol. The minimum absolute atomic E-state index is 0.0711. The van der Waals surface area contributed by atoms with Crippen LogP contribution in [-0.4, -0.2) is 16.9 Å². The van der Waals surface area contributed by atoms with Crippen LogP contribution in [0.2, 0.25) is 0 Å². The fraction of sp³-hybridized carbons (Fsp3) is 0. The van der Waals surface area contributed by atoms with Gasteiger partial charge in [0.2, 0.25) is 0 Å². The summed E-state index contributed by atoms with van der Waals surface area (Å²) in [7, 11) is 0. The number of ketones is 1. The molecule has 0 aliphatic rings. The number of nitrogens with two attached hydrogens (primary N) is 1. The number of carbonyl (C=O) groups is 2. The number of aromatic carboxylic acids is 1. The number of hydrogen-bond donors (Lipinski definition) is 2. The van der Waals surface area contributed by atoms with Gasteiger partial charge in [-0.05, 0) is 6.07 Å². The number of carboxylic acids is 1. The minimum atomic E-state index is -1.08. The van der Waals surface area contributed by atoms with E-state index in [1.54, 1.807) is 30.3 Å². The zero-order valence-electron chi connectivity index (χ0n) is 8.71. The molecule has 0 aliphatic heterocycles. The van der Waals surface area contributed by atoms with Gasteiger partial charge in [-0.25, -0.2) is 4.79 Å². The second kappa shape index (κ2) is 4.39. The Kier molecular flexibility index (Phi) is 2.93. The van der Waals surface area contributed by atoms with Gasteiger partial charge in [0.15, 0.2) is 5.78 Å². The number of carbonyl (C=O) groups excluding carboxylic acids is 1. The third-order valence-electron chi connectivity index (χ3n) is 2.25. The van der Waals surface area contributed by atoms with Crippen LogP contribution in [0, 0.1) is 0 Å². The van der Waals surface area contributed by atoms with E-state index in [1.807, 2.05) is 0 Å². The van der Waals surface area contributed by atoms with Crippen molar-refractivity contribution in [3.05, 3.63) is 52.4 Å². The van der Waals surface area contributed by atoms with Crippen molar-refractivity contribution in [3.8, 4) is 0 Å². The van der Waals surface area contributed by atoms with Crippen LogP contribution in [0.4, 0.5) is 5.00 Å². The highest BCUT2D eigenvalue weighted by Gasteiger charge is 2.18. The average molecular weight is 247 g/mol. The van der Waals surface area contributed by atoms with E-state index in [-0.39, 0.29) is 21.2 Å². The summed E-state index contributed by atoms with van der Waals surface area (Å²) in [6.45, 7) is 0. The highest BCUT2D eigenvalue weighted by molar-refractivity contribution is 7.18. The number of nitrogen functional groups attached to an aromatic ring is 1. The van der Waals surface area contributed by atoms with Crippen molar-refractivity contribution < 1.29 is 14.7 Å². The maximum absolute atomic E-state index is 12.0. The molecule has 1 aromatic heterocycles. The third-order valence-corrected chi connectivity index (χ3v) is 3.20. The molecule has 0 atom stereocenters. The quantitative estimate of drug-likeness (QED) is 0.815. The van der Waals surface area contributed by atoms with E-state index < -0.39 is 5.97 Å². The van der Waals surface area contributed by atoms with Crippen molar-refractivity contribution >= 4 is 28.1 Å². The summed E-state index contributed by atoms with van der Waals surface area (Å²) < 4.78 is 0. The molecular formula is C12H9NO3S. The van der Waals surface area contributed by atoms with Gasteiger partial charge in [-0.3, -0.25) is 4.79 Å². The van der Waals surface area contributed by atoms with E-state index in [4.69, 9.17) is 10.8 Å². The summed E-state index contributed by atoms with van der Waals surface area (Å²) in [5, 5.41) is 9.05. The Hall–Kier alpha value is -2.14. The van der Waals surface area contributed by atoms with Gasteiger partial charge < -0.3 is 10.8 Å². The number of hydrogen-bond acceptors (Lipinski definition) is 4. The Morgan fingerprint density at radius 1 is 1.18 bits per heavy atom. The van der Waals surface area contributed by atoms with Crippen molar-refractivity contribution in [2.45, 2.75) is 0 Å². The van der Waals surface area contributed by atoms with Gasteiger partial charge in [0, 0.05) is 5.56 Å². The predicted octanol–water partition coefficient (Wildman–Crippen LogP) is 2.26. The summed E-state index contributed by atoms with van der Waals surface area (Å²) in [5.74, 6) is -1.33. The van der Waals surface area contributed by atoms with E-state index in [1.165, 1.54) is 6.07 Å². The maximum atomic E-state index is 12.0.